The molecule has 0 spiro atoms. The smallest absolute Gasteiger partial charge is 0.128 e. The van der Waals surface area contributed by atoms with Crippen LogP contribution < -0.4 is 9.47 Å². The molecule has 18 heavy (non-hydrogen) atoms. The fraction of sp³-hybridized carbons (Fsp3) is 0.600. The Morgan fingerprint density at radius 2 is 1.89 bits per heavy atom. The van der Waals surface area contributed by atoms with E-state index in [2.05, 4.69) is 6.92 Å². The summed E-state index contributed by atoms with van der Waals surface area (Å²) in [5, 5.41) is 11.1. The summed E-state index contributed by atoms with van der Waals surface area (Å²) in [6, 6.07) is 5.67. The number of aliphatic hydroxyl groups is 1. The van der Waals surface area contributed by atoms with Gasteiger partial charge in [0.05, 0.1) is 25.4 Å². The number of methoxy groups -OCH3 is 2. The third-order valence-corrected chi connectivity index (χ3v) is 4.14. The molecule has 1 saturated carbocycles. The molecule has 0 heterocycles. The standard InChI is InChI=1S/C15H22O3/c1-4-11-7-6-10-15(11,16)14-12(17-2)8-5-9-13(14)18-3/h5,8-9,11,16H,4,6-7,10H2,1-3H3. The van der Waals surface area contributed by atoms with Crippen LogP contribution in [-0.4, -0.2) is 19.3 Å². The van der Waals surface area contributed by atoms with Gasteiger partial charge in [-0.15, -0.1) is 0 Å². The maximum absolute atomic E-state index is 11.1. The van der Waals surface area contributed by atoms with E-state index in [0.29, 0.717) is 0 Å². The summed E-state index contributed by atoms with van der Waals surface area (Å²) in [6.07, 6.45) is 3.87. The molecule has 0 bridgehead atoms. The lowest BCUT2D eigenvalue weighted by Gasteiger charge is -2.32. The first-order valence-electron chi connectivity index (χ1n) is 6.61. The third-order valence-electron chi connectivity index (χ3n) is 4.14. The van der Waals surface area contributed by atoms with Crippen molar-refractivity contribution < 1.29 is 14.6 Å². The molecule has 3 heteroatoms. The van der Waals surface area contributed by atoms with Gasteiger partial charge in [0.25, 0.3) is 0 Å². The van der Waals surface area contributed by atoms with Crippen molar-refractivity contribution in [3.05, 3.63) is 23.8 Å². The van der Waals surface area contributed by atoms with Gasteiger partial charge in [0.15, 0.2) is 0 Å². The number of benzene rings is 1. The van der Waals surface area contributed by atoms with Crippen molar-refractivity contribution in [2.45, 2.75) is 38.2 Å². The third kappa shape index (κ3) is 1.97. The summed E-state index contributed by atoms with van der Waals surface area (Å²) in [4.78, 5) is 0. The monoisotopic (exact) mass is 250 g/mol. The highest BCUT2D eigenvalue weighted by atomic mass is 16.5. The number of rotatable bonds is 4. The van der Waals surface area contributed by atoms with Crippen LogP contribution in [0.4, 0.5) is 0 Å². The molecule has 1 aromatic rings. The van der Waals surface area contributed by atoms with Gasteiger partial charge in [-0.3, -0.25) is 0 Å². The molecule has 1 aliphatic carbocycles. The summed E-state index contributed by atoms with van der Waals surface area (Å²) in [5.74, 6) is 1.72. The SMILES string of the molecule is CCC1CCCC1(O)c1c(OC)cccc1OC. The second-order valence-corrected chi connectivity index (χ2v) is 4.96. The molecule has 1 aromatic carbocycles. The minimum absolute atomic E-state index is 0.280. The maximum Gasteiger partial charge on any atom is 0.128 e. The second kappa shape index (κ2) is 5.19. The van der Waals surface area contributed by atoms with Crippen LogP contribution in [0.25, 0.3) is 0 Å². The lowest BCUT2D eigenvalue weighted by Crippen LogP contribution is -2.31. The van der Waals surface area contributed by atoms with E-state index in [1.54, 1.807) is 14.2 Å². The summed E-state index contributed by atoms with van der Waals surface area (Å²) in [5.41, 5.74) is 0.00604. The van der Waals surface area contributed by atoms with Gasteiger partial charge in [-0.25, -0.2) is 0 Å². The quantitative estimate of drug-likeness (QED) is 0.892. The van der Waals surface area contributed by atoms with Crippen LogP contribution in [0, 0.1) is 5.92 Å². The van der Waals surface area contributed by atoms with Crippen LogP contribution in [0.15, 0.2) is 18.2 Å². The molecule has 0 aromatic heterocycles. The van der Waals surface area contributed by atoms with Crippen LogP contribution in [0.1, 0.15) is 38.2 Å². The predicted molar refractivity (Wildman–Crippen MR) is 71.1 cm³/mol. The number of ether oxygens (including phenoxy) is 2. The second-order valence-electron chi connectivity index (χ2n) is 4.96. The fourth-order valence-corrected chi connectivity index (χ4v) is 3.21. The Hall–Kier alpha value is -1.22. The van der Waals surface area contributed by atoms with E-state index in [1.165, 1.54) is 0 Å². The highest BCUT2D eigenvalue weighted by molar-refractivity contribution is 5.49. The van der Waals surface area contributed by atoms with Crippen molar-refractivity contribution in [3.63, 3.8) is 0 Å². The molecule has 0 saturated heterocycles. The molecular formula is C15H22O3. The van der Waals surface area contributed by atoms with Crippen LogP contribution in [-0.2, 0) is 5.60 Å². The zero-order chi connectivity index (χ0) is 13.2. The van der Waals surface area contributed by atoms with Crippen LogP contribution in [0.5, 0.6) is 11.5 Å². The van der Waals surface area contributed by atoms with Crippen LogP contribution in [0.2, 0.25) is 0 Å². The van der Waals surface area contributed by atoms with Gasteiger partial charge in [-0.1, -0.05) is 19.4 Å². The highest BCUT2D eigenvalue weighted by Gasteiger charge is 2.45. The summed E-state index contributed by atoms with van der Waals surface area (Å²) < 4.78 is 10.8. The van der Waals surface area contributed by atoms with Crippen molar-refractivity contribution in [3.8, 4) is 11.5 Å². The average molecular weight is 250 g/mol. The van der Waals surface area contributed by atoms with E-state index in [0.717, 1.165) is 42.7 Å². The van der Waals surface area contributed by atoms with Gasteiger partial charge < -0.3 is 14.6 Å². The lowest BCUT2D eigenvalue weighted by atomic mass is 9.81. The zero-order valence-corrected chi connectivity index (χ0v) is 11.4. The van der Waals surface area contributed by atoms with Crippen molar-refractivity contribution in [2.24, 2.45) is 5.92 Å². The summed E-state index contributed by atoms with van der Waals surface area (Å²) >= 11 is 0. The topological polar surface area (TPSA) is 38.7 Å². The van der Waals surface area contributed by atoms with Crippen LogP contribution >= 0.6 is 0 Å². The largest absolute Gasteiger partial charge is 0.496 e. The Morgan fingerprint density at radius 3 is 2.39 bits per heavy atom. The zero-order valence-electron chi connectivity index (χ0n) is 11.4. The normalized spacial score (nSPS) is 27.2. The Kier molecular flexibility index (Phi) is 3.81. The summed E-state index contributed by atoms with van der Waals surface area (Å²) in [7, 11) is 3.27. The summed E-state index contributed by atoms with van der Waals surface area (Å²) in [6.45, 7) is 2.13. The minimum Gasteiger partial charge on any atom is -0.496 e. The van der Waals surface area contributed by atoms with Gasteiger partial charge >= 0.3 is 0 Å². The molecule has 1 N–H and O–H groups in total. The van der Waals surface area contributed by atoms with Crippen molar-refractivity contribution in [1.29, 1.82) is 0 Å². The van der Waals surface area contributed by atoms with Gasteiger partial charge in [0.1, 0.15) is 11.5 Å². The van der Waals surface area contributed by atoms with E-state index >= 15 is 0 Å². The fourth-order valence-electron chi connectivity index (χ4n) is 3.21. The molecule has 1 aliphatic rings. The minimum atomic E-state index is -0.813. The highest BCUT2D eigenvalue weighted by Crippen LogP contribution is 2.51. The molecule has 3 nitrogen and oxygen atoms in total. The van der Waals surface area contributed by atoms with Gasteiger partial charge in [0, 0.05) is 0 Å². The maximum atomic E-state index is 11.1. The molecule has 100 valence electrons. The Bertz CT molecular complexity index is 394. The van der Waals surface area contributed by atoms with Gasteiger partial charge in [-0.05, 0) is 37.3 Å². The molecule has 2 rings (SSSR count). The molecular weight excluding hydrogens is 228 g/mol. The number of hydrogen-bond acceptors (Lipinski definition) is 3. The molecule has 0 amide bonds. The molecule has 0 aliphatic heterocycles. The van der Waals surface area contributed by atoms with Crippen molar-refractivity contribution in [2.75, 3.05) is 14.2 Å². The predicted octanol–water partition coefficient (Wildman–Crippen LogP) is 3.10. The molecule has 0 radical (unpaired) electrons. The number of hydrogen-bond donors (Lipinski definition) is 1. The first-order valence-corrected chi connectivity index (χ1v) is 6.61. The molecule has 1 fully saturated rings. The van der Waals surface area contributed by atoms with E-state index in [1.807, 2.05) is 18.2 Å². The van der Waals surface area contributed by atoms with E-state index in [4.69, 9.17) is 9.47 Å². The Balaban J connectivity index is 2.54. The lowest BCUT2D eigenvalue weighted by molar-refractivity contribution is -0.00785. The van der Waals surface area contributed by atoms with Gasteiger partial charge in [0.2, 0.25) is 0 Å². The van der Waals surface area contributed by atoms with E-state index in [9.17, 15) is 5.11 Å². The van der Waals surface area contributed by atoms with Gasteiger partial charge in [-0.2, -0.15) is 0 Å². The Labute approximate surface area is 109 Å². The van der Waals surface area contributed by atoms with E-state index in [-0.39, 0.29) is 5.92 Å². The van der Waals surface area contributed by atoms with Crippen molar-refractivity contribution in [1.82, 2.24) is 0 Å². The van der Waals surface area contributed by atoms with Crippen molar-refractivity contribution >= 4 is 0 Å². The average Bonchev–Trinajstić information content (AvgIpc) is 2.79. The first-order chi connectivity index (χ1) is 8.67. The molecule has 2 atom stereocenters. The van der Waals surface area contributed by atoms with Crippen LogP contribution in [0.3, 0.4) is 0 Å². The van der Waals surface area contributed by atoms with E-state index < -0.39 is 5.60 Å². The first kappa shape index (κ1) is 13.2. The Morgan fingerprint density at radius 1 is 1.28 bits per heavy atom. The molecule has 2 unspecified atom stereocenters.